The first-order valence-corrected chi connectivity index (χ1v) is 14.5. The van der Waals surface area contributed by atoms with Gasteiger partial charge in [0.25, 0.3) is 5.78 Å². The van der Waals surface area contributed by atoms with E-state index >= 15 is 0 Å². The van der Waals surface area contributed by atoms with Crippen LogP contribution in [0.5, 0.6) is 0 Å². The number of aliphatic hydroxyl groups excluding tert-OH is 1. The van der Waals surface area contributed by atoms with Crippen molar-refractivity contribution in [3.63, 3.8) is 0 Å². The number of rotatable bonds is 6. The molecule has 0 spiro atoms. The molecule has 1 amide bonds. The van der Waals surface area contributed by atoms with Gasteiger partial charge in [0.15, 0.2) is 10.1 Å². The number of thioether (sulfide) groups is 1. The molecule has 3 aromatic heterocycles. The van der Waals surface area contributed by atoms with E-state index in [0.717, 1.165) is 5.56 Å². The molecule has 11 heteroatoms. The lowest BCUT2D eigenvalue weighted by molar-refractivity contribution is -0.132. The van der Waals surface area contributed by atoms with Crippen LogP contribution < -0.4 is 4.90 Å². The summed E-state index contributed by atoms with van der Waals surface area (Å²) in [7, 11) is 0. The normalized spacial score (nSPS) is 16.8. The molecule has 1 aliphatic heterocycles. The van der Waals surface area contributed by atoms with E-state index in [1.807, 2.05) is 13.0 Å². The second kappa shape index (κ2) is 10.5. The molecule has 1 unspecified atom stereocenters. The average Bonchev–Trinajstić information content (AvgIpc) is 3.62. The molecule has 0 aliphatic carbocycles. The third-order valence-corrected chi connectivity index (χ3v) is 8.98. The lowest BCUT2D eigenvalue weighted by atomic mass is 9.96. The number of nitrogens with zero attached hydrogens (tertiary/aromatic N) is 5. The van der Waals surface area contributed by atoms with Crippen LogP contribution in [0.4, 0.5) is 5.13 Å². The first kappa shape index (κ1) is 26.2. The highest BCUT2D eigenvalue weighted by Crippen LogP contribution is 2.44. The Labute approximate surface area is 243 Å². The van der Waals surface area contributed by atoms with Gasteiger partial charge in [0.2, 0.25) is 5.13 Å². The Kier molecular flexibility index (Phi) is 6.91. The van der Waals surface area contributed by atoms with Crippen molar-refractivity contribution in [1.29, 1.82) is 0 Å². The van der Waals surface area contributed by atoms with Crippen molar-refractivity contribution in [2.24, 2.45) is 0 Å². The molecule has 40 heavy (non-hydrogen) atoms. The number of aromatic nitrogens is 4. The summed E-state index contributed by atoms with van der Waals surface area (Å²) >= 11 is 9.04. The van der Waals surface area contributed by atoms with Gasteiger partial charge in [-0.3, -0.25) is 18.9 Å². The fourth-order valence-electron chi connectivity index (χ4n) is 4.74. The zero-order chi connectivity index (χ0) is 28.0. The maximum absolute atomic E-state index is 13.6. The number of benzene rings is 2. The van der Waals surface area contributed by atoms with Gasteiger partial charge >= 0.3 is 5.91 Å². The van der Waals surface area contributed by atoms with Gasteiger partial charge in [-0.2, -0.15) is 0 Å². The number of imidazole rings is 1. The number of amides is 1. The monoisotopic (exact) mass is 587 g/mol. The molecule has 200 valence electrons. The molecule has 1 fully saturated rings. The predicted octanol–water partition coefficient (Wildman–Crippen LogP) is 6.37. The maximum Gasteiger partial charge on any atom is 0.301 e. The number of pyridine rings is 1. The van der Waals surface area contributed by atoms with Crippen LogP contribution in [0.2, 0.25) is 5.02 Å². The van der Waals surface area contributed by atoms with Gasteiger partial charge in [-0.05, 0) is 49.2 Å². The Morgan fingerprint density at radius 1 is 1.05 bits per heavy atom. The van der Waals surface area contributed by atoms with Crippen molar-refractivity contribution in [2.75, 3.05) is 4.90 Å². The van der Waals surface area contributed by atoms with E-state index in [1.165, 1.54) is 33.6 Å². The first-order valence-electron chi connectivity index (χ1n) is 12.3. The van der Waals surface area contributed by atoms with Crippen molar-refractivity contribution in [1.82, 2.24) is 19.6 Å². The molecule has 5 aromatic rings. The van der Waals surface area contributed by atoms with Crippen LogP contribution in [0.15, 0.2) is 82.8 Å². The highest BCUT2D eigenvalue weighted by Gasteiger charge is 2.49. The van der Waals surface area contributed by atoms with Crippen LogP contribution >= 0.6 is 34.7 Å². The molecule has 0 radical (unpaired) electrons. The summed E-state index contributed by atoms with van der Waals surface area (Å²) in [5.74, 6) is -1.26. The predicted molar refractivity (Wildman–Crippen MR) is 157 cm³/mol. The van der Waals surface area contributed by atoms with Crippen molar-refractivity contribution in [3.8, 4) is 0 Å². The Morgan fingerprint density at radius 3 is 2.62 bits per heavy atom. The number of halogens is 1. The van der Waals surface area contributed by atoms with E-state index in [9.17, 15) is 14.7 Å². The Morgan fingerprint density at radius 2 is 1.85 bits per heavy atom. The molecule has 1 saturated heterocycles. The summed E-state index contributed by atoms with van der Waals surface area (Å²) < 4.78 is 2.35. The molecule has 0 bridgehead atoms. The van der Waals surface area contributed by atoms with Gasteiger partial charge in [-0.1, -0.05) is 82.7 Å². The van der Waals surface area contributed by atoms with Crippen LogP contribution in [0.25, 0.3) is 11.4 Å². The molecular formula is C29H22ClN5O3S2. The number of carbonyl (C=O) groups excluding carboxylic acids is 2. The third-order valence-electron chi connectivity index (χ3n) is 6.62. The van der Waals surface area contributed by atoms with Crippen molar-refractivity contribution in [3.05, 3.63) is 112 Å². The van der Waals surface area contributed by atoms with Gasteiger partial charge in [0.1, 0.15) is 11.3 Å². The highest BCUT2D eigenvalue weighted by atomic mass is 35.5. The maximum atomic E-state index is 13.6. The van der Waals surface area contributed by atoms with Gasteiger partial charge in [-0.15, -0.1) is 10.2 Å². The van der Waals surface area contributed by atoms with E-state index in [2.05, 4.69) is 39.4 Å². The number of aliphatic hydroxyl groups is 1. The lowest BCUT2D eigenvalue weighted by Gasteiger charge is -2.22. The van der Waals surface area contributed by atoms with Crippen LogP contribution in [-0.4, -0.2) is 36.4 Å². The number of aryl methyl sites for hydroxylation is 2. The van der Waals surface area contributed by atoms with Gasteiger partial charge in [0.05, 0.1) is 17.3 Å². The number of ketones is 1. The smallest absolute Gasteiger partial charge is 0.301 e. The minimum atomic E-state index is -0.963. The summed E-state index contributed by atoms with van der Waals surface area (Å²) in [6.07, 6.45) is 1.75. The number of anilines is 1. The summed E-state index contributed by atoms with van der Waals surface area (Å²) in [4.78, 5) is 32.9. The molecule has 1 N–H and O–H groups in total. The molecule has 1 atom stereocenters. The quantitative estimate of drug-likeness (QED) is 0.0809. The van der Waals surface area contributed by atoms with Gasteiger partial charge < -0.3 is 5.11 Å². The van der Waals surface area contributed by atoms with E-state index in [4.69, 9.17) is 11.6 Å². The number of carbonyl (C=O) groups is 2. The van der Waals surface area contributed by atoms with Crippen LogP contribution in [-0.2, 0) is 15.3 Å². The summed E-state index contributed by atoms with van der Waals surface area (Å²) in [5.41, 5.74) is 4.28. The molecule has 4 heterocycles. The minimum absolute atomic E-state index is 0.0647. The zero-order valence-corrected chi connectivity index (χ0v) is 23.8. The molecular weight excluding hydrogens is 566 g/mol. The van der Waals surface area contributed by atoms with Crippen LogP contribution in [0, 0.1) is 13.8 Å². The van der Waals surface area contributed by atoms with Gasteiger partial charge in [-0.25, -0.2) is 4.98 Å². The number of Topliss-reactive ketones (excluding diaryl/α,β-unsaturated/α-hetero) is 1. The number of hydrogen-bond acceptors (Lipinski definition) is 8. The largest absolute Gasteiger partial charge is 0.505 e. The highest BCUT2D eigenvalue weighted by molar-refractivity contribution is 8.00. The molecule has 1 aliphatic rings. The van der Waals surface area contributed by atoms with Crippen LogP contribution in [0.3, 0.4) is 0 Å². The SMILES string of the molecule is Cc1ccc(CSc2nnc(N3C(=O)C(=O)/C(=C(/O)c4c(C)nc5ccccn45)C3c3cccc(Cl)c3)s2)cc1. The number of fused-ring (bicyclic) bond motifs is 1. The zero-order valence-electron chi connectivity index (χ0n) is 21.4. The minimum Gasteiger partial charge on any atom is -0.505 e. The van der Waals surface area contributed by atoms with Gasteiger partial charge in [0, 0.05) is 17.0 Å². The number of hydrogen-bond donors (Lipinski definition) is 1. The second-order valence-corrected chi connectivity index (χ2v) is 11.9. The lowest BCUT2D eigenvalue weighted by Crippen LogP contribution is -2.29. The topological polar surface area (TPSA) is 101 Å². The second-order valence-electron chi connectivity index (χ2n) is 9.32. The van der Waals surface area contributed by atoms with E-state index in [1.54, 1.807) is 53.9 Å². The van der Waals surface area contributed by atoms with Crippen LogP contribution in [0.1, 0.15) is 34.1 Å². The van der Waals surface area contributed by atoms with E-state index in [0.29, 0.717) is 37.7 Å². The summed E-state index contributed by atoms with van der Waals surface area (Å²) in [6.45, 7) is 3.78. The van der Waals surface area contributed by atoms with Crippen molar-refractivity contribution in [2.45, 2.75) is 30.0 Å². The Balaban J connectivity index is 1.43. The molecule has 8 nitrogen and oxygen atoms in total. The van der Waals surface area contributed by atoms with Crippen molar-refractivity contribution >= 4 is 62.9 Å². The average molecular weight is 588 g/mol. The fraction of sp³-hybridized carbons (Fsp3) is 0.138. The van der Waals surface area contributed by atoms with E-state index in [-0.39, 0.29) is 16.5 Å². The standard InChI is InChI=1S/C29H22ClN5O3S2/c1-16-9-11-18(12-10-16)15-39-29-33-32-28(40-29)35-24(19-6-5-7-20(30)14-19)22(26(37)27(35)38)25(36)23-17(2)31-21-8-3-4-13-34(21)23/h3-14,24,36H,15H2,1-2H3/b25-22+. The third kappa shape index (κ3) is 4.68. The molecule has 0 saturated carbocycles. The first-order chi connectivity index (χ1) is 19.3. The Hall–Kier alpha value is -3.99. The molecule has 2 aromatic carbocycles. The summed E-state index contributed by atoms with van der Waals surface area (Å²) in [5, 5.41) is 20.9. The van der Waals surface area contributed by atoms with Crippen molar-refractivity contribution < 1.29 is 14.7 Å². The summed E-state index contributed by atoms with van der Waals surface area (Å²) in [6, 6.07) is 19.6. The fourth-order valence-corrected chi connectivity index (χ4v) is 6.76. The van der Waals surface area contributed by atoms with E-state index < -0.39 is 17.7 Å². The molecule has 6 rings (SSSR count). The Bertz CT molecular complexity index is 1810.